The lowest BCUT2D eigenvalue weighted by Crippen LogP contribution is -2.32. The Morgan fingerprint density at radius 1 is 1.19 bits per heavy atom. The van der Waals surface area contributed by atoms with Gasteiger partial charge in [-0.3, -0.25) is 4.79 Å². The summed E-state index contributed by atoms with van der Waals surface area (Å²) in [4.78, 5) is 14.4. The number of carbonyl (C=O) groups excluding carboxylic acids is 1. The fourth-order valence-electron chi connectivity index (χ4n) is 2.59. The molecule has 0 saturated carbocycles. The first-order valence-corrected chi connectivity index (χ1v) is 9.35. The van der Waals surface area contributed by atoms with Gasteiger partial charge in [-0.1, -0.05) is 42.1 Å². The molecule has 0 aliphatic rings. The van der Waals surface area contributed by atoms with Crippen molar-refractivity contribution in [3.8, 4) is 11.4 Å². The largest absolute Gasteiger partial charge is 0.497 e. The van der Waals surface area contributed by atoms with Gasteiger partial charge in [0, 0.05) is 13.6 Å². The van der Waals surface area contributed by atoms with E-state index in [0.717, 1.165) is 17.0 Å². The van der Waals surface area contributed by atoms with Crippen LogP contribution < -0.4 is 4.74 Å². The van der Waals surface area contributed by atoms with Crippen molar-refractivity contribution in [2.75, 3.05) is 14.2 Å². The van der Waals surface area contributed by atoms with E-state index in [4.69, 9.17) is 4.74 Å². The number of thioether (sulfide) groups is 1. The number of hydrogen-bond acceptors (Lipinski definition) is 6. The van der Waals surface area contributed by atoms with Crippen molar-refractivity contribution in [1.82, 2.24) is 25.1 Å². The summed E-state index contributed by atoms with van der Waals surface area (Å²) >= 11 is 1.33. The van der Waals surface area contributed by atoms with Crippen LogP contribution in [0.25, 0.3) is 5.69 Å². The summed E-state index contributed by atoms with van der Waals surface area (Å²) in [5.41, 5.74) is 1.90. The van der Waals surface area contributed by atoms with E-state index in [-0.39, 0.29) is 11.2 Å². The Hall–Kier alpha value is -2.87. The zero-order chi connectivity index (χ0) is 19.2. The van der Waals surface area contributed by atoms with Gasteiger partial charge in [-0.25, -0.2) is 0 Å². The van der Waals surface area contributed by atoms with Gasteiger partial charge in [0.1, 0.15) is 5.75 Å². The average molecular weight is 383 g/mol. The highest BCUT2D eigenvalue weighted by Gasteiger charge is 2.22. The third kappa shape index (κ3) is 4.65. The Kier molecular flexibility index (Phi) is 6.08. The molecule has 27 heavy (non-hydrogen) atoms. The Morgan fingerprint density at radius 3 is 2.56 bits per heavy atom. The Labute approximate surface area is 162 Å². The van der Waals surface area contributed by atoms with E-state index in [0.29, 0.717) is 11.7 Å². The summed E-state index contributed by atoms with van der Waals surface area (Å²) in [5.74, 6) is 0.778. The molecule has 0 aliphatic heterocycles. The Bertz CT molecular complexity index is 883. The summed E-state index contributed by atoms with van der Waals surface area (Å²) in [6.45, 7) is 2.43. The first-order valence-electron chi connectivity index (χ1n) is 8.47. The van der Waals surface area contributed by atoms with Crippen LogP contribution in [0.15, 0.2) is 59.8 Å². The summed E-state index contributed by atoms with van der Waals surface area (Å²) < 4.78 is 6.79. The third-order valence-corrected chi connectivity index (χ3v) is 5.05. The molecule has 7 nitrogen and oxygen atoms in total. The minimum Gasteiger partial charge on any atom is -0.497 e. The predicted molar refractivity (Wildman–Crippen MR) is 104 cm³/mol. The molecular formula is C19H21N5O2S. The molecule has 0 aliphatic carbocycles. The molecule has 0 radical (unpaired) electrons. The summed E-state index contributed by atoms with van der Waals surface area (Å²) in [6.07, 6.45) is 0. The zero-order valence-corrected chi connectivity index (χ0v) is 16.3. The number of benzene rings is 2. The van der Waals surface area contributed by atoms with Gasteiger partial charge in [-0.2, -0.15) is 4.68 Å². The lowest BCUT2D eigenvalue weighted by atomic mass is 10.2. The van der Waals surface area contributed by atoms with Gasteiger partial charge in [0.2, 0.25) is 11.1 Å². The van der Waals surface area contributed by atoms with Crippen molar-refractivity contribution in [2.45, 2.75) is 23.9 Å². The molecule has 140 valence electrons. The molecule has 1 atom stereocenters. The SMILES string of the molecule is COc1ccc(-n2nnnc2S[C@H](C)C(=O)N(C)Cc2ccccc2)cc1. The fraction of sp³-hybridized carbons (Fsp3) is 0.263. The summed E-state index contributed by atoms with van der Waals surface area (Å²) in [5, 5.41) is 12.1. The van der Waals surface area contributed by atoms with Crippen molar-refractivity contribution < 1.29 is 9.53 Å². The number of nitrogens with zero attached hydrogens (tertiary/aromatic N) is 5. The number of amides is 1. The molecule has 0 N–H and O–H groups in total. The lowest BCUT2D eigenvalue weighted by molar-refractivity contribution is -0.129. The van der Waals surface area contributed by atoms with Crippen LogP contribution in [0.1, 0.15) is 12.5 Å². The second-order valence-corrected chi connectivity index (χ2v) is 7.32. The molecule has 1 heterocycles. The van der Waals surface area contributed by atoms with Gasteiger partial charge in [-0.15, -0.1) is 5.10 Å². The molecule has 2 aromatic carbocycles. The highest BCUT2D eigenvalue weighted by molar-refractivity contribution is 8.00. The Balaban J connectivity index is 1.68. The van der Waals surface area contributed by atoms with Gasteiger partial charge in [0.25, 0.3) is 0 Å². The molecule has 1 amide bonds. The van der Waals surface area contributed by atoms with Crippen molar-refractivity contribution >= 4 is 17.7 Å². The standard InChI is InChI=1S/C19H21N5O2S/c1-14(18(25)23(2)13-15-7-5-4-6-8-15)27-19-20-21-22-24(19)16-9-11-17(26-3)12-10-16/h4-12,14H,13H2,1-3H3/t14-/m1/s1. The Morgan fingerprint density at radius 2 is 1.89 bits per heavy atom. The molecule has 0 fully saturated rings. The van der Waals surface area contributed by atoms with Gasteiger partial charge in [-0.05, 0) is 47.2 Å². The first-order chi connectivity index (χ1) is 13.1. The molecule has 3 aromatic rings. The van der Waals surface area contributed by atoms with Gasteiger partial charge in [0.15, 0.2) is 0 Å². The van der Waals surface area contributed by atoms with Gasteiger partial charge >= 0.3 is 0 Å². The molecule has 0 bridgehead atoms. The monoisotopic (exact) mass is 383 g/mol. The number of carbonyl (C=O) groups is 1. The van der Waals surface area contributed by atoms with Gasteiger partial charge in [0.05, 0.1) is 18.0 Å². The molecule has 3 rings (SSSR count). The van der Waals surface area contributed by atoms with E-state index in [2.05, 4.69) is 15.5 Å². The van der Waals surface area contributed by atoms with E-state index in [1.165, 1.54) is 11.8 Å². The number of rotatable bonds is 7. The summed E-state index contributed by atoms with van der Waals surface area (Å²) in [7, 11) is 3.42. The van der Waals surface area contributed by atoms with Crippen LogP contribution in [-0.2, 0) is 11.3 Å². The van der Waals surface area contributed by atoms with E-state index in [9.17, 15) is 4.79 Å². The molecule has 8 heteroatoms. The number of aromatic nitrogens is 4. The minimum absolute atomic E-state index is 0.0214. The predicted octanol–water partition coefficient (Wildman–Crippen LogP) is 2.81. The van der Waals surface area contributed by atoms with Crippen molar-refractivity contribution in [3.05, 3.63) is 60.2 Å². The maximum atomic E-state index is 12.7. The quantitative estimate of drug-likeness (QED) is 0.584. The van der Waals surface area contributed by atoms with Crippen LogP contribution >= 0.6 is 11.8 Å². The van der Waals surface area contributed by atoms with Crippen molar-refractivity contribution in [3.63, 3.8) is 0 Å². The van der Waals surface area contributed by atoms with Crippen molar-refractivity contribution in [2.24, 2.45) is 0 Å². The van der Waals surface area contributed by atoms with E-state index in [1.54, 1.807) is 23.7 Å². The first kappa shape index (κ1) is 18.9. The molecule has 1 aromatic heterocycles. The maximum absolute atomic E-state index is 12.7. The van der Waals surface area contributed by atoms with Crippen molar-refractivity contribution in [1.29, 1.82) is 0 Å². The van der Waals surface area contributed by atoms with Crippen LogP contribution in [-0.4, -0.2) is 50.4 Å². The zero-order valence-electron chi connectivity index (χ0n) is 15.4. The van der Waals surface area contributed by atoms with Crippen LogP contribution in [0, 0.1) is 0 Å². The fourth-order valence-corrected chi connectivity index (χ4v) is 3.51. The molecule has 0 unspecified atom stereocenters. The molecule has 0 saturated heterocycles. The number of ether oxygens (including phenoxy) is 1. The van der Waals surface area contributed by atoms with Gasteiger partial charge < -0.3 is 9.64 Å². The second kappa shape index (κ2) is 8.68. The minimum atomic E-state index is -0.318. The van der Waals surface area contributed by atoms with E-state index >= 15 is 0 Å². The maximum Gasteiger partial charge on any atom is 0.235 e. The normalized spacial score (nSPS) is 11.8. The number of tetrazole rings is 1. The summed E-state index contributed by atoms with van der Waals surface area (Å²) in [6, 6.07) is 17.3. The number of hydrogen-bond donors (Lipinski definition) is 0. The lowest BCUT2D eigenvalue weighted by Gasteiger charge is -2.21. The third-order valence-electron chi connectivity index (χ3n) is 4.03. The van der Waals surface area contributed by atoms with Crippen LogP contribution in [0.3, 0.4) is 0 Å². The number of methoxy groups -OCH3 is 1. The van der Waals surface area contributed by atoms with E-state index < -0.39 is 0 Å². The molecular weight excluding hydrogens is 362 g/mol. The molecule has 0 spiro atoms. The van der Waals surface area contributed by atoms with E-state index in [1.807, 2.05) is 61.5 Å². The smallest absolute Gasteiger partial charge is 0.235 e. The highest BCUT2D eigenvalue weighted by atomic mass is 32.2. The highest BCUT2D eigenvalue weighted by Crippen LogP contribution is 2.25. The topological polar surface area (TPSA) is 73.1 Å². The second-order valence-electron chi connectivity index (χ2n) is 6.01. The average Bonchev–Trinajstić information content (AvgIpc) is 3.16. The van der Waals surface area contributed by atoms with Crippen LogP contribution in [0.2, 0.25) is 0 Å². The van der Waals surface area contributed by atoms with Crippen LogP contribution in [0.4, 0.5) is 0 Å². The van der Waals surface area contributed by atoms with Crippen LogP contribution in [0.5, 0.6) is 5.75 Å².